The Kier molecular flexibility index (Phi) is 4.08. The number of likely N-dealkylation sites (N-methyl/N-ethyl adjacent to an activating group) is 1. The van der Waals surface area contributed by atoms with E-state index in [1.165, 1.54) is 11.9 Å². The minimum atomic E-state index is -0.967. The Morgan fingerprint density at radius 2 is 2.20 bits per heavy atom. The Morgan fingerprint density at radius 3 is 2.67 bits per heavy atom. The normalized spacial score (nSPS) is 21.6. The van der Waals surface area contributed by atoms with Crippen LogP contribution in [0.1, 0.15) is 19.3 Å². The number of nitrogens with zero attached hydrogens (tertiary/aromatic N) is 2. The first kappa shape index (κ1) is 12.0. The second-order valence-corrected chi connectivity index (χ2v) is 4.12. The lowest BCUT2D eigenvalue weighted by atomic mass is 10.1. The predicted octanol–water partition coefficient (Wildman–Crippen LogP) is 0.0137. The largest absolute Gasteiger partial charge is 0.480 e. The van der Waals surface area contributed by atoms with Crippen LogP contribution in [-0.2, 0) is 9.59 Å². The van der Waals surface area contributed by atoms with Crippen molar-refractivity contribution in [3.05, 3.63) is 0 Å². The summed E-state index contributed by atoms with van der Waals surface area (Å²) in [5.41, 5.74) is 0. The Hall–Kier alpha value is -1.10. The van der Waals surface area contributed by atoms with Gasteiger partial charge in [-0.25, -0.2) is 0 Å². The van der Waals surface area contributed by atoms with E-state index in [1.54, 1.807) is 0 Å². The fourth-order valence-electron chi connectivity index (χ4n) is 1.89. The molecule has 0 aromatic rings. The Bertz CT molecular complexity index is 255. The van der Waals surface area contributed by atoms with Crippen LogP contribution in [0, 0.1) is 0 Å². The van der Waals surface area contributed by atoms with E-state index in [9.17, 15) is 9.59 Å². The molecule has 0 aliphatic carbocycles. The summed E-state index contributed by atoms with van der Waals surface area (Å²) in [5, 5.41) is 8.54. The molecule has 1 aliphatic heterocycles. The monoisotopic (exact) mass is 214 g/mol. The number of aliphatic carboxylic acids is 1. The van der Waals surface area contributed by atoms with Gasteiger partial charge in [0.15, 0.2) is 0 Å². The number of carbonyl (C=O) groups excluding carboxylic acids is 1. The van der Waals surface area contributed by atoms with Crippen LogP contribution < -0.4 is 0 Å². The van der Waals surface area contributed by atoms with Crippen molar-refractivity contribution in [1.29, 1.82) is 0 Å². The maximum atomic E-state index is 11.6. The van der Waals surface area contributed by atoms with Crippen LogP contribution in [0.4, 0.5) is 0 Å². The van der Waals surface area contributed by atoms with Gasteiger partial charge < -0.3 is 14.9 Å². The van der Waals surface area contributed by atoms with E-state index in [0.29, 0.717) is 6.42 Å². The molecule has 15 heavy (non-hydrogen) atoms. The van der Waals surface area contributed by atoms with E-state index in [2.05, 4.69) is 4.90 Å². The number of amides is 1. The van der Waals surface area contributed by atoms with Gasteiger partial charge in [-0.05, 0) is 26.4 Å². The van der Waals surface area contributed by atoms with Crippen molar-refractivity contribution in [2.45, 2.75) is 25.3 Å². The predicted molar refractivity (Wildman–Crippen MR) is 55.5 cm³/mol. The van der Waals surface area contributed by atoms with Crippen LogP contribution in [0.5, 0.6) is 0 Å². The van der Waals surface area contributed by atoms with Gasteiger partial charge in [-0.15, -0.1) is 0 Å². The standard InChI is InChI=1S/C10H18N2O3/c1-11-5-3-4-8(11)6-9(13)12(2)7-10(14)15/h8H,3-7H2,1-2H3,(H,14,15)/t8-/m0/s1. The number of likely N-dealkylation sites (tertiary alicyclic amines) is 1. The second-order valence-electron chi connectivity index (χ2n) is 4.12. The molecule has 0 aromatic carbocycles. The Labute approximate surface area is 89.7 Å². The van der Waals surface area contributed by atoms with Crippen LogP contribution >= 0.6 is 0 Å². The molecule has 5 heteroatoms. The number of hydrogen-bond acceptors (Lipinski definition) is 3. The highest BCUT2D eigenvalue weighted by Gasteiger charge is 2.25. The molecule has 0 bridgehead atoms. The van der Waals surface area contributed by atoms with Crippen molar-refractivity contribution in [3.8, 4) is 0 Å². The highest BCUT2D eigenvalue weighted by molar-refractivity contribution is 5.81. The summed E-state index contributed by atoms with van der Waals surface area (Å²) in [5.74, 6) is -1.05. The number of hydrogen-bond donors (Lipinski definition) is 1. The van der Waals surface area contributed by atoms with Gasteiger partial charge in [-0.1, -0.05) is 0 Å². The minimum Gasteiger partial charge on any atom is -0.480 e. The zero-order valence-corrected chi connectivity index (χ0v) is 9.27. The van der Waals surface area contributed by atoms with Gasteiger partial charge in [-0.3, -0.25) is 9.59 Å². The fourth-order valence-corrected chi connectivity index (χ4v) is 1.89. The second kappa shape index (κ2) is 5.11. The quantitative estimate of drug-likeness (QED) is 0.716. The van der Waals surface area contributed by atoms with E-state index in [4.69, 9.17) is 5.11 Å². The molecule has 0 unspecified atom stereocenters. The summed E-state index contributed by atoms with van der Waals surface area (Å²) in [6.07, 6.45) is 2.58. The molecule has 1 rings (SSSR count). The number of rotatable bonds is 4. The summed E-state index contributed by atoms with van der Waals surface area (Å²) in [4.78, 5) is 25.5. The van der Waals surface area contributed by atoms with Crippen LogP contribution in [0.15, 0.2) is 0 Å². The molecule has 0 radical (unpaired) electrons. The molecule has 0 aromatic heterocycles. The molecule has 1 saturated heterocycles. The van der Waals surface area contributed by atoms with E-state index >= 15 is 0 Å². The van der Waals surface area contributed by atoms with Gasteiger partial charge >= 0.3 is 5.97 Å². The minimum absolute atomic E-state index is 0.0869. The van der Waals surface area contributed by atoms with Crippen molar-refractivity contribution < 1.29 is 14.7 Å². The molecule has 1 atom stereocenters. The van der Waals surface area contributed by atoms with Crippen LogP contribution in [0.25, 0.3) is 0 Å². The average molecular weight is 214 g/mol. The average Bonchev–Trinajstić information content (AvgIpc) is 2.50. The summed E-state index contributed by atoms with van der Waals surface area (Å²) in [6.45, 7) is 0.815. The van der Waals surface area contributed by atoms with Crippen LogP contribution in [0.3, 0.4) is 0 Å². The molecule has 86 valence electrons. The Morgan fingerprint density at radius 1 is 1.53 bits per heavy atom. The summed E-state index contributed by atoms with van der Waals surface area (Å²) < 4.78 is 0. The molecule has 1 N–H and O–H groups in total. The molecular weight excluding hydrogens is 196 g/mol. The maximum absolute atomic E-state index is 11.6. The third kappa shape index (κ3) is 3.51. The first-order valence-electron chi connectivity index (χ1n) is 5.16. The number of carboxylic acid groups (broad SMARTS) is 1. The van der Waals surface area contributed by atoms with Crippen molar-refractivity contribution in [2.75, 3.05) is 27.2 Å². The summed E-state index contributed by atoms with van der Waals surface area (Å²) >= 11 is 0. The van der Waals surface area contributed by atoms with Gasteiger partial charge in [0.2, 0.25) is 5.91 Å². The van der Waals surface area contributed by atoms with E-state index < -0.39 is 5.97 Å². The third-order valence-electron chi connectivity index (χ3n) is 2.88. The van der Waals surface area contributed by atoms with Gasteiger partial charge in [0.05, 0.1) is 0 Å². The Balaban J connectivity index is 2.37. The topological polar surface area (TPSA) is 60.9 Å². The van der Waals surface area contributed by atoms with Crippen LogP contribution in [0.2, 0.25) is 0 Å². The molecule has 1 aliphatic rings. The third-order valence-corrected chi connectivity index (χ3v) is 2.88. The van der Waals surface area contributed by atoms with Gasteiger partial charge in [-0.2, -0.15) is 0 Å². The van der Waals surface area contributed by atoms with Crippen molar-refractivity contribution >= 4 is 11.9 Å². The lowest BCUT2D eigenvalue weighted by Gasteiger charge is -2.21. The molecule has 0 saturated carbocycles. The lowest BCUT2D eigenvalue weighted by molar-refractivity contribution is -0.143. The highest BCUT2D eigenvalue weighted by atomic mass is 16.4. The molecule has 1 fully saturated rings. The highest BCUT2D eigenvalue weighted by Crippen LogP contribution is 2.18. The van der Waals surface area contributed by atoms with Crippen molar-refractivity contribution in [1.82, 2.24) is 9.80 Å². The summed E-state index contributed by atoms with van der Waals surface area (Å²) in [7, 11) is 3.54. The fraction of sp³-hybridized carbons (Fsp3) is 0.800. The molecular formula is C10H18N2O3. The lowest BCUT2D eigenvalue weighted by Crippen LogP contribution is -2.36. The van der Waals surface area contributed by atoms with Gasteiger partial charge in [0.1, 0.15) is 6.54 Å². The zero-order valence-electron chi connectivity index (χ0n) is 9.27. The van der Waals surface area contributed by atoms with E-state index in [0.717, 1.165) is 19.4 Å². The van der Waals surface area contributed by atoms with Gasteiger partial charge in [0.25, 0.3) is 0 Å². The summed E-state index contributed by atoms with van der Waals surface area (Å²) in [6, 6.07) is 0.286. The molecule has 1 amide bonds. The molecule has 5 nitrogen and oxygen atoms in total. The SMILES string of the molecule is CN(CC(=O)O)C(=O)C[C@@H]1CCCN1C. The van der Waals surface area contributed by atoms with Crippen molar-refractivity contribution in [3.63, 3.8) is 0 Å². The van der Waals surface area contributed by atoms with Gasteiger partial charge in [0, 0.05) is 19.5 Å². The zero-order chi connectivity index (χ0) is 11.4. The first-order chi connectivity index (χ1) is 7.00. The maximum Gasteiger partial charge on any atom is 0.323 e. The smallest absolute Gasteiger partial charge is 0.323 e. The van der Waals surface area contributed by atoms with Crippen molar-refractivity contribution in [2.24, 2.45) is 0 Å². The number of carbonyl (C=O) groups is 2. The molecule has 0 spiro atoms. The first-order valence-corrected chi connectivity index (χ1v) is 5.16. The van der Waals surface area contributed by atoms with E-state index in [1.807, 2.05) is 7.05 Å². The van der Waals surface area contributed by atoms with E-state index in [-0.39, 0.29) is 18.5 Å². The van der Waals surface area contributed by atoms with Crippen LogP contribution in [-0.4, -0.2) is 60.0 Å². The molecule has 1 heterocycles. The number of carboxylic acids is 1.